The molecule has 0 aliphatic carbocycles. The van der Waals surface area contributed by atoms with Crippen LogP contribution in [0, 0.1) is 5.92 Å². The van der Waals surface area contributed by atoms with Gasteiger partial charge in [0.05, 0.1) is 10.9 Å². The van der Waals surface area contributed by atoms with Gasteiger partial charge >= 0.3 is 0 Å². The largest absolute Gasteiger partial charge is 0.320 e. The maximum Gasteiger partial charge on any atom is 0.248 e. The average molecular weight is 254 g/mol. The Morgan fingerprint density at radius 1 is 1.35 bits per heavy atom. The van der Waals surface area contributed by atoms with Crippen LogP contribution in [-0.2, 0) is 15.8 Å². The predicted molar refractivity (Wildman–Crippen MR) is 68.4 cm³/mol. The molecule has 1 rings (SSSR count). The predicted octanol–water partition coefficient (Wildman–Crippen LogP) is 1.20. The molecule has 1 aromatic rings. The van der Waals surface area contributed by atoms with Crippen LogP contribution in [0.3, 0.4) is 0 Å². The lowest BCUT2D eigenvalue weighted by molar-refractivity contribution is -0.120. The molecule has 1 amide bonds. The van der Waals surface area contributed by atoms with Crippen LogP contribution < -0.4 is 10.5 Å². The first-order valence-electron chi connectivity index (χ1n) is 5.53. The Bertz CT molecular complexity index is 393. The van der Waals surface area contributed by atoms with Crippen LogP contribution in [0.1, 0.15) is 20.3 Å². The second-order valence-electron chi connectivity index (χ2n) is 4.28. The lowest BCUT2D eigenvalue weighted by Crippen LogP contribution is -2.42. The summed E-state index contributed by atoms with van der Waals surface area (Å²) >= 11 is 0. The molecule has 2 atom stereocenters. The van der Waals surface area contributed by atoms with Gasteiger partial charge < -0.3 is 5.73 Å². The molecule has 4 nitrogen and oxygen atoms in total. The van der Waals surface area contributed by atoms with Crippen LogP contribution in [0.25, 0.3) is 0 Å². The van der Waals surface area contributed by atoms with Crippen molar-refractivity contribution in [3.8, 4) is 0 Å². The van der Waals surface area contributed by atoms with E-state index in [9.17, 15) is 9.00 Å². The van der Waals surface area contributed by atoms with Gasteiger partial charge in [-0.2, -0.15) is 0 Å². The third-order valence-corrected chi connectivity index (χ3v) is 3.30. The fourth-order valence-electron chi connectivity index (χ4n) is 1.38. The summed E-state index contributed by atoms with van der Waals surface area (Å²) in [6.07, 6.45) is 0.581. The number of hydrogen-bond acceptors (Lipinski definition) is 3. The Kier molecular flexibility index (Phi) is 5.31. The summed E-state index contributed by atoms with van der Waals surface area (Å²) in [5.74, 6) is -0.0400. The topological polar surface area (TPSA) is 72.2 Å². The van der Waals surface area contributed by atoms with Crippen molar-refractivity contribution in [3.05, 3.63) is 30.3 Å². The molecule has 0 fully saturated rings. The van der Waals surface area contributed by atoms with Gasteiger partial charge in [0.15, 0.2) is 11.0 Å². The molecule has 5 heteroatoms. The molecule has 0 unspecified atom stereocenters. The molecule has 17 heavy (non-hydrogen) atoms. The van der Waals surface area contributed by atoms with Crippen molar-refractivity contribution in [3.63, 3.8) is 0 Å². The highest BCUT2D eigenvalue weighted by molar-refractivity contribution is 7.83. The molecule has 0 aromatic heterocycles. The van der Waals surface area contributed by atoms with Gasteiger partial charge in [-0.3, -0.25) is 9.52 Å². The number of rotatable bonds is 5. The molecule has 0 radical (unpaired) electrons. The molecule has 94 valence electrons. The molecule has 3 N–H and O–H groups in total. The smallest absolute Gasteiger partial charge is 0.248 e. The minimum atomic E-state index is -1.53. The zero-order chi connectivity index (χ0) is 12.8. The highest BCUT2D eigenvalue weighted by Gasteiger charge is 2.17. The number of carbonyl (C=O) groups excluding carboxylic acids is 1. The normalized spacial score (nSPS) is 14.4. The quantitative estimate of drug-likeness (QED) is 0.829. The van der Waals surface area contributed by atoms with E-state index in [1.165, 1.54) is 0 Å². The highest BCUT2D eigenvalue weighted by Crippen LogP contribution is 2.05. The Hall–Kier alpha value is -1.20. The Labute approximate surface area is 104 Å². The van der Waals surface area contributed by atoms with Crippen molar-refractivity contribution in [2.45, 2.75) is 31.2 Å². The van der Waals surface area contributed by atoms with Crippen molar-refractivity contribution in [1.29, 1.82) is 0 Å². The van der Waals surface area contributed by atoms with Crippen molar-refractivity contribution < 1.29 is 9.00 Å². The van der Waals surface area contributed by atoms with Gasteiger partial charge in [0.1, 0.15) is 0 Å². The van der Waals surface area contributed by atoms with Crippen LogP contribution in [0.5, 0.6) is 0 Å². The summed E-state index contributed by atoms with van der Waals surface area (Å²) < 4.78 is 14.2. The minimum absolute atomic E-state index is 0.334. The van der Waals surface area contributed by atoms with E-state index in [1.54, 1.807) is 24.3 Å². The summed E-state index contributed by atoms with van der Waals surface area (Å²) in [5.41, 5.74) is 5.70. The molecular formula is C12H18N2O2S. The van der Waals surface area contributed by atoms with Gasteiger partial charge in [0.25, 0.3) is 0 Å². The highest BCUT2D eigenvalue weighted by atomic mass is 32.2. The lowest BCUT2D eigenvalue weighted by atomic mass is 10.0. The SMILES string of the molecule is CC(C)C[C@@H](N)C(=O)N[S@](=O)c1ccccc1. The van der Waals surface area contributed by atoms with Crippen LogP contribution in [0.4, 0.5) is 0 Å². The van der Waals surface area contributed by atoms with Crippen molar-refractivity contribution >= 4 is 16.9 Å². The van der Waals surface area contributed by atoms with Gasteiger partial charge in [0, 0.05) is 0 Å². The van der Waals surface area contributed by atoms with Gasteiger partial charge in [-0.1, -0.05) is 32.0 Å². The first-order valence-corrected chi connectivity index (χ1v) is 6.68. The van der Waals surface area contributed by atoms with Crippen LogP contribution in [0.2, 0.25) is 0 Å². The van der Waals surface area contributed by atoms with E-state index < -0.39 is 17.0 Å². The second kappa shape index (κ2) is 6.51. The summed E-state index contributed by atoms with van der Waals surface area (Å²) in [7, 11) is -1.53. The second-order valence-corrected chi connectivity index (χ2v) is 5.50. The number of nitrogens with one attached hydrogen (secondary N) is 1. The van der Waals surface area contributed by atoms with Gasteiger partial charge in [-0.15, -0.1) is 0 Å². The molecule has 0 bridgehead atoms. The first kappa shape index (κ1) is 13.9. The van der Waals surface area contributed by atoms with E-state index in [2.05, 4.69) is 4.72 Å². The van der Waals surface area contributed by atoms with E-state index in [4.69, 9.17) is 5.73 Å². The third-order valence-electron chi connectivity index (χ3n) is 2.21. The van der Waals surface area contributed by atoms with Crippen LogP contribution in [0.15, 0.2) is 35.2 Å². The molecule has 1 aromatic carbocycles. The van der Waals surface area contributed by atoms with Crippen LogP contribution >= 0.6 is 0 Å². The number of hydrogen-bond donors (Lipinski definition) is 2. The fraction of sp³-hybridized carbons (Fsp3) is 0.417. The van der Waals surface area contributed by atoms with E-state index in [1.807, 2.05) is 19.9 Å². The number of amides is 1. The first-order chi connectivity index (χ1) is 8.00. The Morgan fingerprint density at radius 2 is 1.94 bits per heavy atom. The summed E-state index contributed by atoms with van der Waals surface area (Å²) in [6, 6.07) is 8.16. The Morgan fingerprint density at radius 3 is 2.47 bits per heavy atom. The minimum Gasteiger partial charge on any atom is -0.320 e. The standard InChI is InChI=1S/C12H18N2O2S/c1-9(2)8-11(13)12(15)14-17(16)10-6-4-3-5-7-10/h3-7,9,11H,8,13H2,1-2H3,(H,14,15)/t11-,17-/m1/s1. The van der Waals surface area contributed by atoms with Gasteiger partial charge in [-0.25, -0.2) is 4.21 Å². The summed E-state index contributed by atoms with van der Waals surface area (Å²) in [6.45, 7) is 3.97. The zero-order valence-corrected chi connectivity index (χ0v) is 10.9. The zero-order valence-electron chi connectivity index (χ0n) is 10.1. The number of benzene rings is 1. The monoisotopic (exact) mass is 254 g/mol. The van der Waals surface area contributed by atoms with E-state index in [0.717, 1.165) is 0 Å². The Balaban J connectivity index is 2.55. The molecule has 0 saturated heterocycles. The van der Waals surface area contributed by atoms with E-state index in [0.29, 0.717) is 17.2 Å². The average Bonchev–Trinajstić information content (AvgIpc) is 2.29. The maximum absolute atomic E-state index is 11.8. The van der Waals surface area contributed by atoms with Gasteiger partial charge in [0.2, 0.25) is 5.91 Å². The molecule has 0 aliphatic heterocycles. The van der Waals surface area contributed by atoms with E-state index in [-0.39, 0.29) is 5.91 Å². The maximum atomic E-state index is 11.8. The molecule has 0 aliphatic rings. The lowest BCUT2D eigenvalue weighted by Gasteiger charge is -2.13. The number of nitrogens with two attached hydrogens (primary N) is 1. The molecular weight excluding hydrogens is 236 g/mol. The van der Waals surface area contributed by atoms with E-state index >= 15 is 0 Å². The summed E-state index contributed by atoms with van der Waals surface area (Å²) in [4.78, 5) is 12.2. The van der Waals surface area contributed by atoms with Crippen molar-refractivity contribution in [1.82, 2.24) is 4.72 Å². The fourth-order valence-corrected chi connectivity index (χ4v) is 2.24. The molecule has 0 spiro atoms. The van der Waals surface area contributed by atoms with Crippen molar-refractivity contribution in [2.75, 3.05) is 0 Å². The van der Waals surface area contributed by atoms with Crippen LogP contribution in [-0.4, -0.2) is 16.2 Å². The van der Waals surface area contributed by atoms with Gasteiger partial charge in [-0.05, 0) is 24.5 Å². The van der Waals surface area contributed by atoms with Crippen molar-refractivity contribution in [2.24, 2.45) is 11.7 Å². The molecule has 0 saturated carbocycles. The summed E-state index contributed by atoms with van der Waals surface area (Å²) in [5, 5.41) is 0. The third kappa shape index (κ3) is 4.66. The number of carbonyl (C=O) groups is 1. The molecule has 0 heterocycles.